The van der Waals surface area contributed by atoms with E-state index in [2.05, 4.69) is 10.1 Å². The van der Waals surface area contributed by atoms with E-state index in [1.807, 2.05) is 0 Å². The Morgan fingerprint density at radius 2 is 2.00 bits per heavy atom. The fourth-order valence-corrected chi connectivity index (χ4v) is 1.04. The molecular formula is C9H14F3NO4. The molecule has 0 heterocycles. The van der Waals surface area contributed by atoms with Gasteiger partial charge in [0.15, 0.2) is 0 Å². The van der Waals surface area contributed by atoms with E-state index in [1.165, 1.54) is 0 Å². The first-order valence-corrected chi connectivity index (χ1v) is 4.93. The van der Waals surface area contributed by atoms with E-state index in [1.54, 1.807) is 6.92 Å². The lowest BCUT2D eigenvalue weighted by molar-refractivity contribution is -0.176. The van der Waals surface area contributed by atoms with E-state index in [0.717, 1.165) is 0 Å². The molecule has 0 aliphatic heterocycles. The van der Waals surface area contributed by atoms with Crippen molar-refractivity contribution in [2.24, 2.45) is 0 Å². The minimum absolute atomic E-state index is 0.209. The van der Waals surface area contributed by atoms with Crippen LogP contribution in [0.2, 0.25) is 0 Å². The van der Waals surface area contributed by atoms with Crippen LogP contribution in [0.1, 0.15) is 19.8 Å². The normalized spacial score (nSPS) is 13.2. The number of aliphatic carboxylic acids is 1. The van der Waals surface area contributed by atoms with Crippen LogP contribution in [0.3, 0.4) is 0 Å². The largest absolute Gasteiger partial charge is 0.480 e. The molecule has 2 N–H and O–H groups in total. The second kappa shape index (κ2) is 7.10. The molecule has 0 saturated carbocycles. The number of hydrogen-bond acceptors (Lipinski definition) is 3. The van der Waals surface area contributed by atoms with Gasteiger partial charge in [0.25, 0.3) is 0 Å². The van der Waals surface area contributed by atoms with Gasteiger partial charge in [-0.3, -0.25) is 4.79 Å². The van der Waals surface area contributed by atoms with Gasteiger partial charge in [-0.2, -0.15) is 13.2 Å². The van der Waals surface area contributed by atoms with Crippen molar-refractivity contribution in [1.29, 1.82) is 0 Å². The number of halogens is 3. The number of amides is 1. The van der Waals surface area contributed by atoms with Crippen LogP contribution in [0, 0.1) is 0 Å². The summed E-state index contributed by atoms with van der Waals surface area (Å²) in [5.74, 6) is -2.11. The molecule has 0 aliphatic rings. The molecule has 0 rings (SSSR count). The van der Waals surface area contributed by atoms with Crippen molar-refractivity contribution in [1.82, 2.24) is 5.32 Å². The minimum Gasteiger partial charge on any atom is -0.480 e. The zero-order chi connectivity index (χ0) is 13.5. The van der Waals surface area contributed by atoms with Crippen LogP contribution in [0.4, 0.5) is 13.2 Å². The van der Waals surface area contributed by atoms with E-state index < -0.39 is 37.3 Å². The summed E-state index contributed by atoms with van der Waals surface area (Å²) in [5.41, 5.74) is 0. The topological polar surface area (TPSA) is 75.6 Å². The zero-order valence-electron chi connectivity index (χ0n) is 9.21. The Labute approximate surface area is 95.9 Å². The maximum Gasteiger partial charge on any atom is 0.411 e. The van der Waals surface area contributed by atoms with Crippen LogP contribution in [-0.4, -0.2) is 42.4 Å². The van der Waals surface area contributed by atoms with Crippen molar-refractivity contribution in [2.45, 2.75) is 32.0 Å². The van der Waals surface area contributed by atoms with Crippen molar-refractivity contribution >= 4 is 11.9 Å². The van der Waals surface area contributed by atoms with E-state index in [0.29, 0.717) is 6.42 Å². The van der Waals surface area contributed by atoms with Crippen molar-refractivity contribution in [2.75, 3.05) is 13.2 Å². The molecular weight excluding hydrogens is 243 g/mol. The predicted octanol–water partition coefficient (Wildman–Crippen LogP) is 0.935. The lowest BCUT2D eigenvalue weighted by Gasteiger charge is -2.13. The van der Waals surface area contributed by atoms with Crippen LogP contribution in [0.25, 0.3) is 0 Å². The van der Waals surface area contributed by atoms with Gasteiger partial charge in [0.2, 0.25) is 5.91 Å². The zero-order valence-corrected chi connectivity index (χ0v) is 9.21. The van der Waals surface area contributed by atoms with E-state index in [-0.39, 0.29) is 6.42 Å². The highest BCUT2D eigenvalue weighted by Crippen LogP contribution is 2.14. The van der Waals surface area contributed by atoms with Crippen molar-refractivity contribution in [3.05, 3.63) is 0 Å². The minimum atomic E-state index is -4.50. The number of carboxylic acids is 1. The lowest BCUT2D eigenvalue weighted by atomic mass is 10.2. The van der Waals surface area contributed by atoms with Crippen LogP contribution in [-0.2, 0) is 14.3 Å². The molecule has 5 nitrogen and oxygen atoms in total. The first-order valence-electron chi connectivity index (χ1n) is 4.93. The van der Waals surface area contributed by atoms with E-state index in [9.17, 15) is 22.8 Å². The molecule has 0 spiro atoms. The number of carbonyl (C=O) groups excluding carboxylic acids is 1. The number of nitrogens with one attached hydrogen (secondary N) is 1. The standard InChI is InChI=1S/C9H14F3NO4/c1-2-3-6(8(15)16)13-7(14)4-17-5-9(10,11)12/h6H,2-5H2,1H3,(H,13,14)(H,15,16). The van der Waals surface area contributed by atoms with Crippen LogP contribution >= 0.6 is 0 Å². The maximum atomic E-state index is 11.7. The molecule has 0 fully saturated rings. The van der Waals surface area contributed by atoms with Crippen molar-refractivity contribution in [3.63, 3.8) is 0 Å². The fraction of sp³-hybridized carbons (Fsp3) is 0.778. The Hall–Kier alpha value is -1.31. The van der Waals surface area contributed by atoms with Crippen molar-refractivity contribution in [3.8, 4) is 0 Å². The third-order valence-corrected chi connectivity index (χ3v) is 1.71. The van der Waals surface area contributed by atoms with Gasteiger partial charge in [-0.05, 0) is 6.42 Å². The molecule has 8 heteroatoms. The molecule has 1 amide bonds. The van der Waals surface area contributed by atoms with Gasteiger partial charge < -0.3 is 15.2 Å². The molecule has 1 unspecified atom stereocenters. The van der Waals surface area contributed by atoms with Gasteiger partial charge in [0, 0.05) is 0 Å². The number of ether oxygens (including phenoxy) is 1. The number of rotatable bonds is 7. The molecule has 1 atom stereocenters. The second-order valence-corrected chi connectivity index (χ2v) is 3.35. The Balaban J connectivity index is 3.95. The molecule has 0 radical (unpaired) electrons. The van der Waals surface area contributed by atoms with Gasteiger partial charge >= 0.3 is 12.1 Å². The molecule has 0 aromatic carbocycles. The lowest BCUT2D eigenvalue weighted by Crippen LogP contribution is -2.42. The Morgan fingerprint density at radius 1 is 1.41 bits per heavy atom. The van der Waals surface area contributed by atoms with E-state index >= 15 is 0 Å². The third kappa shape index (κ3) is 8.49. The monoisotopic (exact) mass is 257 g/mol. The van der Waals surface area contributed by atoms with E-state index in [4.69, 9.17) is 5.11 Å². The summed E-state index contributed by atoms with van der Waals surface area (Å²) in [6.45, 7) is -0.624. The first kappa shape index (κ1) is 15.7. The van der Waals surface area contributed by atoms with Crippen LogP contribution < -0.4 is 5.32 Å². The molecule has 0 bridgehead atoms. The summed E-state index contributed by atoms with van der Waals surface area (Å²) < 4.78 is 39.1. The summed E-state index contributed by atoms with van der Waals surface area (Å²) in [6, 6.07) is -1.10. The summed E-state index contributed by atoms with van der Waals surface area (Å²) in [6.07, 6.45) is -3.77. The van der Waals surface area contributed by atoms with Gasteiger partial charge in [-0.15, -0.1) is 0 Å². The summed E-state index contributed by atoms with van der Waals surface area (Å²) in [4.78, 5) is 21.7. The quantitative estimate of drug-likeness (QED) is 0.711. The summed E-state index contributed by atoms with van der Waals surface area (Å²) >= 11 is 0. The molecule has 0 aliphatic carbocycles. The molecule has 0 aromatic rings. The molecule has 17 heavy (non-hydrogen) atoms. The maximum absolute atomic E-state index is 11.7. The molecule has 100 valence electrons. The number of hydrogen-bond donors (Lipinski definition) is 2. The van der Waals surface area contributed by atoms with Gasteiger partial charge in [-0.1, -0.05) is 13.3 Å². The first-order chi connectivity index (χ1) is 7.76. The van der Waals surface area contributed by atoms with Gasteiger partial charge in [-0.25, -0.2) is 4.79 Å². The smallest absolute Gasteiger partial charge is 0.411 e. The summed E-state index contributed by atoms with van der Waals surface area (Å²) in [7, 11) is 0. The Kier molecular flexibility index (Phi) is 6.55. The molecule has 0 aromatic heterocycles. The Morgan fingerprint density at radius 3 is 2.41 bits per heavy atom. The average Bonchev–Trinajstić information content (AvgIpc) is 2.14. The molecule has 0 saturated heterocycles. The predicted molar refractivity (Wildman–Crippen MR) is 51.3 cm³/mol. The van der Waals surface area contributed by atoms with Gasteiger partial charge in [0.1, 0.15) is 19.3 Å². The second-order valence-electron chi connectivity index (χ2n) is 3.35. The number of alkyl halides is 3. The SMILES string of the molecule is CCCC(NC(=O)COCC(F)(F)F)C(=O)O. The number of carboxylic acid groups (broad SMARTS) is 1. The van der Waals surface area contributed by atoms with Crippen molar-refractivity contribution < 1.29 is 32.6 Å². The fourth-order valence-electron chi connectivity index (χ4n) is 1.04. The number of carbonyl (C=O) groups is 2. The highest BCUT2D eigenvalue weighted by molar-refractivity contribution is 5.84. The highest BCUT2D eigenvalue weighted by Gasteiger charge is 2.28. The van der Waals surface area contributed by atoms with Crippen LogP contribution in [0.5, 0.6) is 0 Å². The van der Waals surface area contributed by atoms with Gasteiger partial charge in [0.05, 0.1) is 0 Å². The summed E-state index contributed by atoms with van der Waals surface area (Å²) in [5, 5.41) is 10.7. The average molecular weight is 257 g/mol. The highest BCUT2D eigenvalue weighted by atomic mass is 19.4. The Bertz CT molecular complexity index is 267. The van der Waals surface area contributed by atoms with Crippen LogP contribution in [0.15, 0.2) is 0 Å². The third-order valence-electron chi connectivity index (χ3n) is 1.71.